The Kier molecular flexibility index (Phi) is 6.98. The first kappa shape index (κ1) is 24.3. The first-order valence-electron chi connectivity index (χ1n) is 11.4. The summed E-state index contributed by atoms with van der Waals surface area (Å²) >= 11 is 7.47. The summed E-state index contributed by atoms with van der Waals surface area (Å²) in [6.45, 7) is 1.97. The maximum atomic E-state index is 14.0. The Balaban J connectivity index is 1.42. The molecular formula is C27H23ClF2N4OS. The molecular weight excluding hydrogens is 502 g/mol. The number of rotatable bonds is 6. The van der Waals surface area contributed by atoms with E-state index in [-0.39, 0.29) is 23.8 Å². The van der Waals surface area contributed by atoms with Gasteiger partial charge in [-0.1, -0.05) is 65.3 Å². The van der Waals surface area contributed by atoms with Gasteiger partial charge in [-0.25, -0.2) is 13.5 Å². The minimum Gasteiger partial charge on any atom is -0.363 e. The van der Waals surface area contributed by atoms with Gasteiger partial charge in [-0.15, -0.1) is 0 Å². The van der Waals surface area contributed by atoms with Crippen LogP contribution in [0.25, 0.3) is 0 Å². The molecule has 1 aromatic heterocycles. The van der Waals surface area contributed by atoms with Crippen molar-refractivity contribution < 1.29 is 13.6 Å². The van der Waals surface area contributed by atoms with E-state index >= 15 is 0 Å². The first-order valence-corrected chi connectivity index (χ1v) is 12.6. The second-order valence-corrected chi connectivity index (χ2v) is 10.2. The van der Waals surface area contributed by atoms with Gasteiger partial charge >= 0.3 is 0 Å². The van der Waals surface area contributed by atoms with Crippen LogP contribution in [0.4, 0.5) is 20.3 Å². The molecule has 0 saturated heterocycles. The highest BCUT2D eigenvalue weighted by atomic mass is 35.5. The fourth-order valence-corrected chi connectivity index (χ4v) is 5.22. The molecule has 1 aliphatic rings. The second kappa shape index (κ2) is 10.3. The van der Waals surface area contributed by atoms with Gasteiger partial charge < -0.3 is 10.6 Å². The summed E-state index contributed by atoms with van der Waals surface area (Å²) in [6, 6.07) is 21.1. The average molecular weight is 525 g/mol. The molecule has 2 heterocycles. The third kappa shape index (κ3) is 5.10. The van der Waals surface area contributed by atoms with Crippen molar-refractivity contribution in [1.29, 1.82) is 0 Å². The Bertz CT molecular complexity index is 1380. The highest BCUT2D eigenvalue weighted by Gasteiger charge is 2.36. The largest absolute Gasteiger partial charge is 0.363 e. The number of nitrogens with one attached hydrogen (secondary N) is 2. The van der Waals surface area contributed by atoms with Gasteiger partial charge in [0, 0.05) is 14.8 Å². The molecule has 0 spiro atoms. The zero-order valence-corrected chi connectivity index (χ0v) is 20.9. The van der Waals surface area contributed by atoms with Crippen LogP contribution in [0.3, 0.4) is 0 Å². The lowest BCUT2D eigenvalue weighted by Crippen LogP contribution is -2.31. The fraction of sp³-hybridized carbons (Fsp3) is 0.185. The summed E-state index contributed by atoms with van der Waals surface area (Å²) < 4.78 is 29.2. The average Bonchev–Trinajstić information content (AvgIpc) is 3.30. The van der Waals surface area contributed by atoms with Crippen LogP contribution in [-0.2, 0) is 0 Å². The number of nitrogens with zero attached hydrogens (tertiary/aromatic N) is 2. The van der Waals surface area contributed by atoms with Crippen molar-refractivity contribution in [3.63, 3.8) is 0 Å². The number of alkyl halides is 2. The van der Waals surface area contributed by atoms with Gasteiger partial charge in [0.25, 0.3) is 12.3 Å². The Morgan fingerprint density at radius 2 is 1.83 bits per heavy atom. The molecule has 36 heavy (non-hydrogen) atoms. The van der Waals surface area contributed by atoms with Gasteiger partial charge in [0.1, 0.15) is 17.4 Å². The van der Waals surface area contributed by atoms with E-state index < -0.39 is 18.4 Å². The number of carbonyl (C=O) groups excluding carboxylic acids is 1. The van der Waals surface area contributed by atoms with E-state index in [1.165, 1.54) is 22.6 Å². The fourth-order valence-electron chi connectivity index (χ4n) is 4.19. The number of hydrogen-bond donors (Lipinski definition) is 2. The number of para-hydroxylation sites is 1. The molecule has 0 aliphatic carbocycles. The van der Waals surface area contributed by atoms with Gasteiger partial charge in [0.15, 0.2) is 0 Å². The van der Waals surface area contributed by atoms with Gasteiger partial charge in [-0.3, -0.25) is 4.79 Å². The van der Waals surface area contributed by atoms with Crippen LogP contribution in [-0.4, -0.2) is 22.1 Å². The zero-order valence-electron chi connectivity index (χ0n) is 19.3. The van der Waals surface area contributed by atoms with E-state index in [1.807, 2.05) is 61.5 Å². The van der Waals surface area contributed by atoms with Crippen molar-refractivity contribution in [2.24, 2.45) is 0 Å². The van der Waals surface area contributed by atoms with Crippen molar-refractivity contribution in [3.05, 3.63) is 101 Å². The predicted octanol–water partition coefficient (Wildman–Crippen LogP) is 7.61. The highest BCUT2D eigenvalue weighted by Crippen LogP contribution is 2.40. The lowest BCUT2D eigenvalue weighted by Gasteiger charge is -2.32. The summed E-state index contributed by atoms with van der Waals surface area (Å²) in [5.41, 5.74) is 2.79. The Labute approximate surface area is 216 Å². The molecule has 2 N–H and O–H groups in total. The molecule has 0 fully saturated rings. The van der Waals surface area contributed by atoms with Gasteiger partial charge in [0.2, 0.25) is 0 Å². The van der Waals surface area contributed by atoms with Gasteiger partial charge in [-0.05, 0) is 55.3 Å². The van der Waals surface area contributed by atoms with Crippen LogP contribution in [0.2, 0.25) is 5.02 Å². The monoisotopic (exact) mass is 524 g/mol. The Morgan fingerprint density at radius 3 is 2.56 bits per heavy atom. The third-order valence-electron chi connectivity index (χ3n) is 6.09. The molecule has 2 unspecified atom stereocenters. The molecule has 1 aliphatic heterocycles. The van der Waals surface area contributed by atoms with Crippen molar-refractivity contribution in [3.8, 4) is 0 Å². The molecule has 2 atom stereocenters. The second-order valence-electron chi connectivity index (χ2n) is 8.60. The van der Waals surface area contributed by atoms with Crippen LogP contribution in [0.15, 0.2) is 88.8 Å². The number of carbonyl (C=O) groups is 1. The van der Waals surface area contributed by atoms with E-state index in [0.717, 1.165) is 20.9 Å². The van der Waals surface area contributed by atoms with E-state index in [2.05, 4.69) is 15.7 Å². The quantitative estimate of drug-likeness (QED) is 0.272. The van der Waals surface area contributed by atoms with Crippen LogP contribution in [0, 0.1) is 6.92 Å². The molecule has 5 nitrogen and oxygen atoms in total. The van der Waals surface area contributed by atoms with E-state index in [0.29, 0.717) is 10.7 Å². The number of aryl methyl sites for hydroxylation is 1. The first-order chi connectivity index (χ1) is 17.4. The van der Waals surface area contributed by atoms with E-state index in [4.69, 9.17) is 11.6 Å². The van der Waals surface area contributed by atoms with Crippen molar-refractivity contribution in [1.82, 2.24) is 9.78 Å². The minimum absolute atomic E-state index is 0.164. The number of halogens is 3. The van der Waals surface area contributed by atoms with E-state index in [1.54, 1.807) is 18.2 Å². The van der Waals surface area contributed by atoms with Crippen LogP contribution >= 0.6 is 23.4 Å². The lowest BCUT2D eigenvalue weighted by molar-refractivity contribution is 0.0657. The van der Waals surface area contributed by atoms with Crippen molar-refractivity contribution in [2.75, 3.05) is 10.6 Å². The molecule has 9 heteroatoms. The minimum atomic E-state index is -2.62. The number of anilines is 2. The SMILES string of the molecule is Cc1ccc(C2CC(C(F)F)n3ncc(C(=O)Nc4ccccc4Sc4ccc(Cl)cc4)c3N2)cc1. The summed E-state index contributed by atoms with van der Waals surface area (Å²) in [6.07, 6.45) is -1.11. The maximum Gasteiger partial charge on any atom is 0.261 e. The van der Waals surface area contributed by atoms with Crippen LogP contribution in [0.1, 0.15) is 40.0 Å². The van der Waals surface area contributed by atoms with E-state index in [9.17, 15) is 13.6 Å². The predicted molar refractivity (Wildman–Crippen MR) is 139 cm³/mol. The third-order valence-corrected chi connectivity index (χ3v) is 7.43. The molecule has 0 bridgehead atoms. The number of hydrogen-bond acceptors (Lipinski definition) is 4. The molecule has 0 radical (unpaired) electrons. The lowest BCUT2D eigenvalue weighted by atomic mass is 9.96. The smallest absolute Gasteiger partial charge is 0.261 e. The van der Waals surface area contributed by atoms with Crippen molar-refractivity contribution >= 4 is 40.8 Å². The van der Waals surface area contributed by atoms with Gasteiger partial charge in [-0.2, -0.15) is 5.10 Å². The molecule has 184 valence electrons. The zero-order chi connectivity index (χ0) is 25.2. The number of benzene rings is 3. The molecule has 4 aromatic rings. The Morgan fingerprint density at radius 1 is 1.11 bits per heavy atom. The topological polar surface area (TPSA) is 59.0 Å². The molecule has 1 amide bonds. The maximum absolute atomic E-state index is 14.0. The molecule has 0 saturated carbocycles. The summed E-state index contributed by atoms with van der Waals surface area (Å²) in [5.74, 6) is -0.136. The number of amides is 1. The van der Waals surface area contributed by atoms with Crippen LogP contribution < -0.4 is 10.6 Å². The molecule has 5 rings (SSSR count). The van der Waals surface area contributed by atoms with Gasteiger partial charge in [0.05, 0.1) is 17.9 Å². The highest BCUT2D eigenvalue weighted by molar-refractivity contribution is 7.99. The number of fused-ring (bicyclic) bond motifs is 1. The number of aromatic nitrogens is 2. The Hall–Kier alpha value is -3.36. The molecule has 3 aromatic carbocycles. The van der Waals surface area contributed by atoms with Crippen LogP contribution in [0.5, 0.6) is 0 Å². The summed E-state index contributed by atoms with van der Waals surface area (Å²) in [5, 5.41) is 11.0. The van der Waals surface area contributed by atoms with Crippen molar-refractivity contribution in [2.45, 2.75) is 41.6 Å². The summed E-state index contributed by atoms with van der Waals surface area (Å²) in [4.78, 5) is 15.1. The summed E-state index contributed by atoms with van der Waals surface area (Å²) in [7, 11) is 0. The standard InChI is InChI=1S/C27H23ClF2N4OS/c1-16-6-8-17(9-7-16)22-14-23(25(29)30)34-26(32-22)20(15-31-34)27(35)33-21-4-2-3-5-24(21)36-19-12-10-18(28)11-13-19/h2-13,15,22-23,25,32H,14H2,1H3,(H,33,35). The normalized spacial score (nSPS) is 16.9.